The number of hydrogen-bond donors (Lipinski definition) is 1. The van der Waals surface area contributed by atoms with Crippen molar-refractivity contribution >= 4 is 11.9 Å². The van der Waals surface area contributed by atoms with E-state index in [4.69, 9.17) is 0 Å². The van der Waals surface area contributed by atoms with Crippen LogP contribution in [0.25, 0.3) is 11.3 Å². The molecule has 2 rings (SSSR count). The summed E-state index contributed by atoms with van der Waals surface area (Å²) >= 11 is 0. The van der Waals surface area contributed by atoms with Crippen molar-refractivity contribution in [2.75, 3.05) is 13.7 Å². The molecule has 1 N–H and O–H groups in total. The average molecular weight is 312 g/mol. The molecule has 0 spiro atoms. The Balaban J connectivity index is 1.89. The predicted molar refractivity (Wildman–Crippen MR) is 87.8 cm³/mol. The van der Waals surface area contributed by atoms with Gasteiger partial charge in [-0.25, -0.2) is 0 Å². The van der Waals surface area contributed by atoms with E-state index in [1.807, 2.05) is 36.4 Å². The number of nitrogens with one attached hydrogen (secondary N) is 1. The molecule has 1 aromatic carbocycles. The van der Waals surface area contributed by atoms with Crippen LogP contribution in [0.1, 0.15) is 23.7 Å². The first-order valence-electron chi connectivity index (χ1n) is 7.49. The third-order valence-corrected chi connectivity index (χ3v) is 3.56. The highest BCUT2D eigenvalue weighted by atomic mass is 16.5. The van der Waals surface area contributed by atoms with E-state index in [1.165, 1.54) is 7.11 Å². The van der Waals surface area contributed by atoms with Gasteiger partial charge in [0.25, 0.3) is 5.91 Å². The Morgan fingerprint density at radius 2 is 1.91 bits per heavy atom. The van der Waals surface area contributed by atoms with E-state index in [-0.39, 0.29) is 17.8 Å². The van der Waals surface area contributed by atoms with Crippen LogP contribution < -0.4 is 5.32 Å². The van der Waals surface area contributed by atoms with E-state index in [1.54, 1.807) is 19.2 Å². The van der Waals surface area contributed by atoms with Crippen molar-refractivity contribution in [3.8, 4) is 11.3 Å². The molecule has 1 aromatic heterocycles. The first-order chi connectivity index (χ1) is 11.1. The number of methoxy groups -OCH3 is 1. The van der Waals surface area contributed by atoms with E-state index in [9.17, 15) is 9.59 Å². The lowest BCUT2D eigenvalue weighted by molar-refractivity contribution is -0.144. The predicted octanol–water partition coefficient (Wildman–Crippen LogP) is 2.68. The van der Waals surface area contributed by atoms with Gasteiger partial charge in [0.1, 0.15) is 0 Å². The molecule has 5 nitrogen and oxygen atoms in total. The van der Waals surface area contributed by atoms with E-state index in [0.717, 1.165) is 11.3 Å². The van der Waals surface area contributed by atoms with Gasteiger partial charge in [-0.2, -0.15) is 0 Å². The number of rotatable bonds is 6. The fraction of sp³-hybridized carbons (Fsp3) is 0.278. The van der Waals surface area contributed by atoms with Crippen LogP contribution in [0.15, 0.2) is 48.7 Å². The molecule has 1 unspecified atom stereocenters. The fourth-order valence-corrected chi connectivity index (χ4v) is 2.13. The molecular weight excluding hydrogens is 292 g/mol. The molecule has 23 heavy (non-hydrogen) atoms. The van der Waals surface area contributed by atoms with Gasteiger partial charge in [-0.15, -0.1) is 0 Å². The molecule has 1 heterocycles. The van der Waals surface area contributed by atoms with Crippen molar-refractivity contribution in [2.45, 2.75) is 13.3 Å². The highest BCUT2D eigenvalue weighted by molar-refractivity contribution is 5.94. The summed E-state index contributed by atoms with van der Waals surface area (Å²) < 4.78 is 4.65. The maximum absolute atomic E-state index is 12.0. The Morgan fingerprint density at radius 3 is 2.52 bits per heavy atom. The molecule has 5 heteroatoms. The molecule has 2 aromatic rings. The molecule has 0 aliphatic heterocycles. The number of ether oxygens (including phenoxy) is 1. The minimum absolute atomic E-state index is 0.200. The summed E-state index contributed by atoms with van der Waals surface area (Å²) in [5.74, 6) is -0.707. The Labute approximate surface area is 135 Å². The highest BCUT2D eigenvalue weighted by Gasteiger charge is 2.13. The normalized spacial score (nSPS) is 11.6. The van der Waals surface area contributed by atoms with Crippen LogP contribution in [0, 0.1) is 5.92 Å². The van der Waals surface area contributed by atoms with Gasteiger partial charge in [-0.1, -0.05) is 37.3 Å². The van der Waals surface area contributed by atoms with Crippen LogP contribution in [0.2, 0.25) is 0 Å². The standard InChI is InChI=1S/C18H20N2O3/c1-13(18(22)23-2)10-11-19-17(21)15-8-9-16(20-12-15)14-6-4-3-5-7-14/h3-9,12-13H,10-11H2,1-2H3,(H,19,21). The number of aromatic nitrogens is 1. The summed E-state index contributed by atoms with van der Waals surface area (Å²) in [6, 6.07) is 13.3. The second kappa shape index (κ2) is 8.08. The molecule has 0 fully saturated rings. The van der Waals surface area contributed by atoms with Gasteiger partial charge in [-0.05, 0) is 18.6 Å². The highest BCUT2D eigenvalue weighted by Crippen LogP contribution is 2.16. The van der Waals surface area contributed by atoms with Gasteiger partial charge < -0.3 is 10.1 Å². The molecule has 0 saturated heterocycles. The molecule has 0 radical (unpaired) electrons. The number of esters is 1. The van der Waals surface area contributed by atoms with Gasteiger partial charge in [0.15, 0.2) is 0 Å². The van der Waals surface area contributed by atoms with Crippen LogP contribution in [-0.2, 0) is 9.53 Å². The smallest absolute Gasteiger partial charge is 0.308 e. The number of hydrogen-bond acceptors (Lipinski definition) is 4. The van der Waals surface area contributed by atoms with Gasteiger partial charge >= 0.3 is 5.97 Å². The van der Waals surface area contributed by atoms with Crippen LogP contribution in [-0.4, -0.2) is 30.5 Å². The molecule has 0 saturated carbocycles. The summed E-state index contributed by atoms with van der Waals surface area (Å²) in [5.41, 5.74) is 2.32. The van der Waals surface area contributed by atoms with Crippen LogP contribution in [0.4, 0.5) is 0 Å². The van der Waals surface area contributed by atoms with E-state index < -0.39 is 0 Å². The first-order valence-corrected chi connectivity index (χ1v) is 7.49. The van der Waals surface area contributed by atoms with Crippen molar-refractivity contribution in [3.63, 3.8) is 0 Å². The summed E-state index contributed by atoms with van der Waals surface area (Å²) in [5, 5.41) is 2.78. The van der Waals surface area contributed by atoms with Crippen molar-refractivity contribution in [1.29, 1.82) is 0 Å². The molecule has 0 aliphatic rings. The van der Waals surface area contributed by atoms with Crippen molar-refractivity contribution in [3.05, 3.63) is 54.2 Å². The largest absolute Gasteiger partial charge is 0.469 e. The Kier molecular flexibility index (Phi) is 5.86. The molecule has 120 valence electrons. The first kappa shape index (κ1) is 16.7. The lowest BCUT2D eigenvalue weighted by Crippen LogP contribution is -2.27. The summed E-state index contributed by atoms with van der Waals surface area (Å²) in [4.78, 5) is 27.7. The number of nitrogens with zero attached hydrogens (tertiary/aromatic N) is 1. The summed E-state index contributed by atoms with van der Waals surface area (Å²) in [6.45, 7) is 2.18. The lowest BCUT2D eigenvalue weighted by atomic mass is 10.1. The average Bonchev–Trinajstić information content (AvgIpc) is 2.61. The lowest BCUT2D eigenvalue weighted by Gasteiger charge is -2.10. The van der Waals surface area contributed by atoms with Gasteiger partial charge in [0.05, 0.1) is 24.3 Å². The van der Waals surface area contributed by atoms with Crippen LogP contribution in [0.3, 0.4) is 0 Å². The monoisotopic (exact) mass is 312 g/mol. The Morgan fingerprint density at radius 1 is 1.17 bits per heavy atom. The van der Waals surface area contributed by atoms with Crippen molar-refractivity contribution in [2.24, 2.45) is 5.92 Å². The zero-order valence-corrected chi connectivity index (χ0v) is 13.3. The third kappa shape index (κ3) is 4.64. The number of pyridine rings is 1. The second-order valence-corrected chi connectivity index (χ2v) is 5.27. The topological polar surface area (TPSA) is 68.3 Å². The minimum Gasteiger partial charge on any atom is -0.469 e. The van der Waals surface area contributed by atoms with E-state index >= 15 is 0 Å². The second-order valence-electron chi connectivity index (χ2n) is 5.27. The number of carbonyl (C=O) groups is 2. The number of carbonyl (C=O) groups excluding carboxylic acids is 2. The van der Waals surface area contributed by atoms with Crippen molar-refractivity contribution in [1.82, 2.24) is 10.3 Å². The fourth-order valence-electron chi connectivity index (χ4n) is 2.13. The maximum Gasteiger partial charge on any atom is 0.308 e. The van der Waals surface area contributed by atoms with E-state index in [2.05, 4.69) is 15.0 Å². The molecule has 1 amide bonds. The minimum atomic E-state index is -0.270. The third-order valence-electron chi connectivity index (χ3n) is 3.56. The quantitative estimate of drug-likeness (QED) is 0.833. The maximum atomic E-state index is 12.0. The molecular formula is C18H20N2O3. The summed E-state index contributed by atoms with van der Waals surface area (Å²) in [7, 11) is 1.36. The molecule has 0 bridgehead atoms. The molecule has 1 atom stereocenters. The zero-order valence-electron chi connectivity index (χ0n) is 13.3. The zero-order chi connectivity index (χ0) is 16.7. The van der Waals surface area contributed by atoms with Gasteiger partial charge in [-0.3, -0.25) is 14.6 Å². The Hall–Kier alpha value is -2.69. The summed E-state index contributed by atoms with van der Waals surface area (Å²) in [6.07, 6.45) is 2.09. The van der Waals surface area contributed by atoms with Crippen molar-refractivity contribution < 1.29 is 14.3 Å². The van der Waals surface area contributed by atoms with Crippen LogP contribution >= 0.6 is 0 Å². The van der Waals surface area contributed by atoms with Crippen LogP contribution in [0.5, 0.6) is 0 Å². The molecule has 0 aliphatic carbocycles. The number of amides is 1. The van der Waals surface area contributed by atoms with E-state index in [0.29, 0.717) is 18.5 Å². The SMILES string of the molecule is COC(=O)C(C)CCNC(=O)c1ccc(-c2ccccc2)nc1. The number of benzene rings is 1. The van der Waals surface area contributed by atoms with Gasteiger partial charge in [0, 0.05) is 18.3 Å². The van der Waals surface area contributed by atoms with Gasteiger partial charge in [0.2, 0.25) is 0 Å². The Bertz CT molecular complexity index is 654.